The van der Waals surface area contributed by atoms with Gasteiger partial charge in [-0.15, -0.1) is 23.5 Å². The van der Waals surface area contributed by atoms with Gasteiger partial charge in [-0.05, 0) is 31.2 Å². The molecule has 0 bridgehead atoms. The van der Waals surface area contributed by atoms with E-state index < -0.39 is 0 Å². The van der Waals surface area contributed by atoms with Crippen molar-refractivity contribution < 1.29 is 0 Å². The minimum Gasteiger partial charge on any atom is -0.268 e. The molecule has 0 amide bonds. The molecule has 0 atom stereocenters. The van der Waals surface area contributed by atoms with Crippen molar-refractivity contribution in [2.45, 2.75) is 23.3 Å². The quantitative estimate of drug-likeness (QED) is 0.611. The van der Waals surface area contributed by atoms with E-state index in [1.807, 2.05) is 61.5 Å². The van der Waals surface area contributed by atoms with Gasteiger partial charge in [0.1, 0.15) is 15.7 Å². The first-order chi connectivity index (χ1) is 12.2. The van der Waals surface area contributed by atoms with Gasteiger partial charge in [0.05, 0.1) is 5.69 Å². The molecule has 3 nitrogen and oxygen atoms in total. The van der Waals surface area contributed by atoms with Gasteiger partial charge >= 0.3 is 0 Å². The third kappa shape index (κ3) is 3.26. The van der Waals surface area contributed by atoms with Crippen LogP contribution in [0.4, 0.5) is 0 Å². The van der Waals surface area contributed by atoms with Crippen LogP contribution in [0.1, 0.15) is 12.0 Å². The topological polar surface area (TPSA) is 34.9 Å². The van der Waals surface area contributed by atoms with Crippen LogP contribution in [0.25, 0.3) is 17.1 Å². The summed E-state index contributed by atoms with van der Waals surface area (Å²) in [6.07, 6.45) is 1.09. The molecule has 4 rings (SSSR count). The summed E-state index contributed by atoms with van der Waals surface area (Å²) in [5, 5.41) is 0.870. The first-order valence-corrected chi connectivity index (χ1v) is 10.3. The van der Waals surface area contributed by atoms with E-state index in [0.717, 1.165) is 39.1 Å². The monoisotopic (exact) mass is 366 g/mol. The average molecular weight is 367 g/mol. The molecule has 0 aliphatic carbocycles. The Hall–Kier alpha value is -1.98. The maximum atomic E-state index is 13.3. The second kappa shape index (κ2) is 7.10. The molecule has 1 aliphatic rings. The zero-order valence-electron chi connectivity index (χ0n) is 13.9. The highest BCUT2D eigenvalue weighted by Crippen LogP contribution is 2.34. The predicted octanol–water partition coefficient (Wildman–Crippen LogP) is 4.80. The van der Waals surface area contributed by atoms with E-state index >= 15 is 0 Å². The normalized spacial score (nSPS) is 14.0. The Morgan fingerprint density at radius 2 is 1.68 bits per heavy atom. The number of rotatable bonds is 2. The van der Waals surface area contributed by atoms with Gasteiger partial charge in [0, 0.05) is 11.3 Å². The van der Waals surface area contributed by atoms with E-state index in [4.69, 9.17) is 4.98 Å². The highest BCUT2D eigenvalue weighted by molar-refractivity contribution is 8.02. The van der Waals surface area contributed by atoms with Gasteiger partial charge in [0.25, 0.3) is 5.56 Å². The molecule has 2 heterocycles. The first-order valence-electron chi connectivity index (χ1n) is 8.29. The fraction of sp³-hybridized carbons (Fsp3) is 0.200. The van der Waals surface area contributed by atoms with Gasteiger partial charge in [0.2, 0.25) is 0 Å². The molecule has 0 saturated carbocycles. The van der Waals surface area contributed by atoms with Crippen molar-refractivity contribution in [2.24, 2.45) is 0 Å². The number of fused-ring (bicyclic) bond motifs is 1. The predicted molar refractivity (Wildman–Crippen MR) is 106 cm³/mol. The highest BCUT2D eigenvalue weighted by Gasteiger charge is 2.21. The molecule has 1 aromatic heterocycles. The maximum Gasteiger partial charge on any atom is 0.273 e. The molecular weight excluding hydrogens is 348 g/mol. The second-order valence-electron chi connectivity index (χ2n) is 5.96. The summed E-state index contributed by atoms with van der Waals surface area (Å²) in [7, 11) is 0. The molecule has 0 unspecified atom stereocenters. The average Bonchev–Trinajstić information content (AvgIpc) is 2.89. The summed E-state index contributed by atoms with van der Waals surface area (Å²) >= 11 is 3.33. The number of hydrogen-bond donors (Lipinski definition) is 0. The van der Waals surface area contributed by atoms with Gasteiger partial charge in [0.15, 0.2) is 0 Å². The molecule has 3 aromatic rings. The largest absolute Gasteiger partial charge is 0.273 e. The number of aryl methyl sites for hydroxylation is 1. The van der Waals surface area contributed by atoms with Crippen molar-refractivity contribution in [3.8, 4) is 17.1 Å². The Bertz CT molecular complexity index is 950. The van der Waals surface area contributed by atoms with E-state index in [1.165, 1.54) is 5.56 Å². The minimum absolute atomic E-state index is 0.0344. The van der Waals surface area contributed by atoms with Gasteiger partial charge in [-0.2, -0.15) is 0 Å². The fourth-order valence-electron chi connectivity index (χ4n) is 2.82. The Morgan fingerprint density at radius 1 is 0.960 bits per heavy atom. The summed E-state index contributed by atoms with van der Waals surface area (Å²) in [5.41, 5.74) is 3.02. The third-order valence-corrected chi connectivity index (χ3v) is 6.45. The molecule has 1 aliphatic heterocycles. The van der Waals surface area contributed by atoms with E-state index in [-0.39, 0.29) is 5.56 Å². The molecule has 0 radical (unpaired) electrons. The number of thioether (sulfide) groups is 2. The Balaban J connectivity index is 2.01. The lowest BCUT2D eigenvalue weighted by molar-refractivity contribution is 0.842. The first kappa shape index (κ1) is 16.5. The highest BCUT2D eigenvalue weighted by atomic mass is 32.2. The molecule has 0 N–H and O–H groups in total. The van der Waals surface area contributed by atoms with Crippen molar-refractivity contribution in [3.05, 3.63) is 70.5 Å². The van der Waals surface area contributed by atoms with Crippen molar-refractivity contribution in [1.29, 1.82) is 0 Å². The summed E-state index contributed by atoms with van der Waals surface area (Å²) in [6, 6.07) is 18.0. The molecule has 5 heteroatoms. The van der Waals surface area contributed by atoms with E-state index in [1.54, 1.807) is 28.1 Å². The van der Waals surface area contributed by atoms with E-state index in [0.29, 0.717) is 5.82 Å². The molecule has 0 fully saturated rings. The number of benzene rings is 2. The summed E-state index contributed by atoms with van der Waals surface area (Å²) in [5.74, 6) is 2.69. The molecular formula is C20H18N2OS2. The lowest BCUT2D eigenvalue weighted by Gasteiger charge is -2.16. The summed E-state index contributed by atoms with van der Waals surface area (Å²) in [4.78, 5) is 19.0. The molecule has 0 saturated heterocycles. The summed E-state index contributed by atoms with van der Waals surface area (Å²) < 4.78 is 1.76. The van der Waals surface area contributed by atoms with Crippen LogP contribution in [-0.2, 0) is 0 Å². The van der Waals surface area contributed by atoms with Crippen LogP contribution in [-0.4, -0.2) is 21.1 Å². The summed E-state index contributed by atoms with van der Waals surface area (Å²) in [6.45, 7) is 2.05. The van der Waals surface area contributed by atoms with Crippen molar-refractivity contribution in [2.75, 3.05) is 11.5 Å². The fourth-order valence-corrected chi connectivity index (χ4v) is 5.09. The van der Waals surface area contributed by atoms with Crippen LogP contribution < -0.4 is 5.56 Å². The number of nitrogens with zero attached hydrogens (tertiary/aromatic N) is 2. The van der Waals surface area contributed by atoms with Gasteiger partial charge in [-0.3, -0.25) is 9.36 Å². The Morgan fingerprint density at radius 3 is 2.44 bits per heavy atom. The van der Waals surface area contributed by atoms with Gasteiger partial charge < -0.3 is 0 Å². The Labute approximate surface area is 155 Å². The van der Waals surface area contributed by atoms with Gasteiger partial charge in [-0.25, -0.2) is 4.98 Å². The molecule has 0 spiro atoms. The van der Waals surface area contributed by atoms with E-state index in [9.17, 15) is 4.79 Å². The van der Waals surface area contributed by atoms with Crippen LogP contribution in [0.5, 0.6) is 0 Å². The Kier molecular flexibility index (Phi) is 4.68. The van der Waals surface area contributed by atoms with Crippen molar-refractivity contribution in [1.82, 2.24) is 9.55 Å². The van der Waals surface area contributed by atoms with Crippen LogP contribution >= 0.6 is 23.5 Å². The zero-order valence-corrected chi connectivity index (χ0v) is 15.6. The zero-order chi connectivity index (χ0) is 17.2. The van der Waals surface area contributed by atoms with Crippen molar-refractivity contribution in [3.63, 3.8) is 0 Å². The standard InChI is InChI=1S/C20H18N2OS2/c1-14-8-10-16(11-9-14)22-18(15-6-3-2-4-7-15)21-19-17(20(22)23)24-12-5-13-25-19/h2-4,6-11H,5,12-13H2,1H3. The van der Waals surface area contributed by atoms with E-state index in [2.05, 4.69) is 0 Å². The lowest BCUT2D eigenvalue weighted by Crippen LogP contribution is -2.24. The van der Waals surface area contributed by atoms with Gasteiger partial charge in [-0.1, -0.05) is 48.0 Å². The maximum absolute atomic E-state index is 13.3. The smallest absolute Gasteiger partial charge is 0.268 e. The molecule has 126 valence electrons. The number of aromatic nitrogens is 2. The third-order valence-electron chi connectivity index (χ3n) is 4.11. The van der Waals surface area contributed by atoms with Crippen LogP contribution in [0.2, 0.25) is 0 Å². The second-order valence-corrected chi connectivity index (χ2v) is 8.15. The SMILES string of the molecule is Cc1ccc(-n2c(-c3ccccc3)nc3c(c2=O)SCCCS3)cc1. The lowest BCUT2D eigenvalue weighted by atomic mass is 10.2. The van der Waals surface area contributed by atoms with Crippen LogP contribution in [0, 0.1) is 6.92 Å². The molecule has 25 heavy (non-hydrogen) atoms. The van der Waals surface area contributed by atoms with Crippen LogP contribution in [0.15, 0.2) is 69.3 Å². The minimum atomic E-state index is 0.0344. The van der Waals surface area contributed by atoms with Crippen LogP contribution in [0.3, 0.4) is 0 Å². The molecule has 2 aromatic carbocycles. The van der Waals surface area contributed by atoms with Crippen molar-refractivity contribution >= 4 is 23.5 Å². The number of hydrogen-bond acceptors (Lipinski definition) is 4.